The van der Waals surface area contributed by atoms with Crippen molar-refractivity contribution in [2.75, 3.05) is 13.7 Å². The molecule has 0 aromatic heterocycles. The molecule has 21 heavy (non-hydrogen) atoms. The summed E-state index contributed by atoms with van der Waals surface area (Å²) in [6, 6.07) is 4.15. The van der Waals surface area contributed by atoms with Crippen molar-refractivity contribution in [2.45, 2.75) is 53.2 Å². The third-order valence-corrected chi connectivity index (χ3v) is 3.77. The number of rotatable bonds is 9. The average Bonchev–Trinajstić information content (AvgIpc) is 2.41. The Balaban J connectivity index is 2.81. The maximum Gasteiger partial charge on any atom is 0.175 e. The maximum absolute atomic E-state index is 6.01. The van der Waals surface area contributed by atoms with Gasteiger partial charge in [-0.3, -0.25) is 0 Å². The Morgan fingerprint density at radius 1 is 1.24 bits per heavy atom. The predicted octanol–water partition coefficient (Wildman–Crippen LogP) is 4.77. The van der Waals surface area contributed by atoms with Gasteiger partial charge in [-0.2, -0.15) is 0 Å². The van der Waals surface area contributed by atoms with E-state index in [4.69, 9.17) is 9.47 Å². The van der Waals surface area contributed by atoms with Gasteiger partial charge in [0.15, 0.2) is 11.5 Å². The average molecular weight is 358 g/mol. The molecule has 0 spiro atoms. The van der Waals surface area contributed by atoms with Crippen molar-refractivity contribution in [3.05, 3.63) is 22.2 Å². The van der Waals surface area contributed by atoms with E-state index in [-0.39, 0.29) is 6.10 Å². The zero-order chi connectivity index (χ0) is 15.8. The van der Waals surface area contributed by atoms with Gasteiger partial charge in [-0.1, -0.05) is 27.2 Å². The van der Waals surface area contributed by atoms with Crippen LogP contribution in [0, 0.1) is 5.92 Å². The van der Waals surface area contributed by atoms with Crippen molar-refractivity contribution >= 4 is 15.9 Å². The Hall–Kier alpha value is -0.740. The van der Waals surface area contributed by atoms with Crippen LogP contribution in [-0.2, 0) is 6.54 Å². The van der Waals surface area contributed by atoms with Crippen molar-refractivity contribution in [1.29, 1.82) is 0 Å². The topological polar surface area (TPSA) is 30.5 Å². The number of hydrogen-bond donors (Lipinski definition) is 1. The Kier molecular flexibility index (Phi) is 8.12. The first-order valence-corrected chi connectivity index (χ1v) is 8.51. The third kappa shape index (κ3) is 6.27. The number of hydrogen-bond acceptors (Lipinski definition) is 3. The molecular formula is C17H28BrNO2. The molecule has 0 amide bonds. The van der Waals surface area contributed by atoms with Gasteiger partial charge in [0, 0.05) is 6.54 Å². The summed E-state index contributed by atoms with van der Waals surface area (Å²) in [5.74, 6) is 2.23. The highest BCUT2D eigenvalue weighted by molar-refractivity contribution is 9.10. The summed E-state index contributed by atoms with van der Waals surface area (Å²) < 4.78 is 12.5. The predicted molar refractivity (Wildman–Crippen MR) is 92.2 cm³/mol. The van der Waals surface area contributed by atoms with Gasteiger partial charge in [-0.25, -0.2) is 0 Å². The molecule has 0 heterocycles. The van der Waals surface area contributed by atoms with Crippen molar-refractivity contribution < 1.29 is 9.47 Å². The zero-order valence-corrected chi connectivity index (χ0v) is 15.4. The van der Waals surface area contributed by atoms with Crippen molar-refractivity contribution in [3.8, 4) is 11.5 Å². The molecule has 0 radical (unpaired) electrons. The summed E-state index contributed by atoms with van der Waals surface area (Å²) in [6.45, 7) is 10.5. The molecule has 1 N–H and O–H groups in total. The van der Waals surface area contributed by atoms with Crippen molar-refractivity contribution in [3.63, 3.8) is 0 Å². The first kappa shape index (κ1) is 18.3. The van der Waals surface area contributed by atoms with Crippen molar-refractivity contribution in [1.82, 2.24) is 5.32 Å². The van der Waals surface area contributed by atoms with Crippen LogP contribution in [0.1, 0.15) is 46.1 Å². The molecule has 0 saturated heterocycles. The molecule has 1 aromatic rings. The summed E-state index contributed by atoms with van der Waals surface area (Å²) in [4.78, 5) is 0. The Morgan fingerprint density at radius 3 is 2.52 bits per heavy atom. The quantitative estimate of drug-likeness (QED) is 0.690. The van der Waals surface area contributed by atoms with Crippen LogP contribution in [0.3, 0.4) is 0 Å². The Bertz CT molecular complexity index is 435. The largest absolute Gasteiger partial charge is 0.493 e. The van der Waals surface area contributed by atoms with Crippen LogP contribution in [-0.4, -0.2) is 19.8 Å². The minimum absolute atomic E-state index is 0.185. The van der Waals surface area contributed by atoms with Gasteiger partial charge < -0.3 is 14.8 Å². The first-order chi connectivity index (χ1) is 9.97. The highest BCUT2D eigenvalue weighted by Gasteiger charge is 2.14. The second kappa shape index (κ2) is 9.31. The van der Waals surface area contributed by atoms with E-state index in [9.17, 15) is 0 Å². The molecule has 1 aromatic carbocycles. The smallest absolute Gasteiger partial charge is 0.175 e. The molecule has 4 heteroatoms. The molecule has 0 aliphatic carbocycles. The monoisotopic (exact) mass is 357 g/mol. The van der Waals surface area contributed by atoms with Crippen LogP contribution in [0.15, 0.2) is 16.6 Å². The number of methoxy groups -OCH3 is 1. The van der Waals surface area contributed by atoms with E-state index in [2.05, 4.69) is 55.0 Å². The lowest BCUT2D eigenvalue weighted by Crippen LogP contribution is -2.19. The van der Waals surface area contributed by atoms with Gasteiger partial charge in [0.1, 0.15) is 0 Å². The SMILES string of the molecule is CCCC(C)Oc1c(Br)cc(CNCC(C)C)cc1OC. The van der Waals surface area contributed by atoms with E-state index in [1.807, 2.05) is 6.07 Å². The van der Waals surface area contributed by atoms with E-state index >= 15 is 0 Å². The molecule has 120 valence electrons. The number of ether oxygens (including phenoxy) is 2. The number of nitrogens with one attached hydrogen (secondary N) is 1. The minimum Gasteiger partial charge on any atom is -0.493 e. The van der Waals surface area contributed by atoms with Crippen LogP contribution in [0.5, 0.6) is 11.5 Å². The molecule has 0 aliphatic heterocycles. The van der Waals surface area contributed by atoms with Crippen LogP contribution < -0.4 is 14.8 Å². The minimum atomic E-state index is 0.185. The highest BCUT2D eigenvalue weighted by atomic mass is 79.9. The normalized spacial score (nSPS) is 12.5. The van der Waals surface area contributed by atoms with Gasteiger partial charge in [0.25, 0.3) is 0 Å². The van der Waals surface area contributed by atoms with Crippen LogP contribution in [0.2, 0.25) is 0 Å². The second-order valence-electron chi connectivity index (χ2n) is 5.85. The molecule has 0 saturated carbocycles. The third-order valence-electron chi connectivity index (χ3n) is 3.19. The molecule has 0 bridgehead atoms. The molecule has 0 aliphatic rings. The molecule has 1 atom stereocenters. The van der Waals surface area contributed by atoms with E-state index in [1.54, 1.807) is 7.11 Å². The van der Waals surface area contributed by atoms with Gasteiger partial charge >= 0.3 is 0 Å². The van der Waals surface area contributed by atoms with E-state index < -0.39 is 0 Å². The fourth-order valence-electron chi connectivity index (χ4n) is 2.16. The molecule has 3 nitrogen and oxygen atoms in total. The lowest BCUT2D eigenvalue weighted by atomic mass is 10.1. The summed E-state index contributed by atoms with van der Waals surface area (Å²) in [5, 5.41) is 3.44. The van der Waals surface area contributed by atoms with Crippen molar-refractivity contribution in [2.24, 2.45) is 5.92 Å². The fraction of sp³-hybridized carbons (Fsp3) is 0.647. The fourth-order valence-corrected chi connectivity index (χ4v) is 2.74. The lowest BCUT2D eigenvalue weighted by molar-refractivity contribution is 0.199. The van der Waals surface area contributed by atoms with E-state index in [1.165, 1.54) is 5.56 Å². The van der Waals surface area contributed by atoms with E-state index in [0.29, 0.717) is 5.92 Å². The van der Waals surface area contributed by atoms with Gasteiger partial charge in [0.2, 0.25) is 0 Å². The van der Waals surface area contributed by atoms with Gasteiger partial charge in [-0.05, 0) is 59.4 Å². The number of benzene rings is 1. The van der Waals surface area contributed by atoms with Crippen LogP contribution >= 0.6 is 15.9 Å². The Morgan fingerprint density at radius 2 is 1.95 bits per heavy atom. The lowest BCUT2D eigenvalue weighted by Gasteiger charge is -2.19. The highest BCUT2D eigenvalue weighted by Crippen LogP contribution is 2.37. The molecular weight excluding hydrogens is 330 g/mol. The van der Waals surface area contributed by atoms with E-state index in [0.717, 1.165) is 41.9 Å². The maximum atomic E-state index is 6.01. The Labute approximate surface area is 137 Å². The molecule has 0 fully saturated rings. The summed E-state index contributed by atoms with van der Waals surface area (Å²) >= 11 is 3.61. The summed E-state index contributed by atoms with van der Waals surface area (Å²) in [7, 11) is 1.68. The first-order valence-electron chi connectivity index (χ1n) is 7.71. The summed E-state index contributed by atoms with van der Waals surface area (Å²) in [5.41, 5.74) is 1.19. The zero-order valence-electron chi connectivity index (χ0n) is 13.8. The van der Waals surface area contributed by atoms with Crippen LogP contribution in [0.4, 0.5) is 0 Å². The van der Waals surface area contributed by atoms with Crippen LogP contribution in [0.25, 0.3) is 0 Å². The summed E-state index contributed by atoms with van der Waals surface area (Å²) in [6.07, 6.45) is 2.33. The molecule has 1 rings (SSSR count). The molecule has 1 unspecified atom stereocenters. The standard InChI is InChI=1S/C17H28BrNO2/c1-6-7-13(4)21-17-15(18)8-14(9-16(17)20-5)11-19-10-12(2)3/h8-9,12-13,19H,6-7,10-11H2,1-5H3. The number of halogens is 1. The van der Waals surface area contributed by atoms with Gasteiger partial charge in [0.05, 0.1) is 17.7 Å². The van der Waals surface area contributed by atoms with Gasteiger partial charge in [-0.15, -0.1) is 0 Å². The second-order valence-corrected chi connectivity index (χ2v) is 6.71.